The highest BCUT2D eigenvalue weighted by atomic mass is 35.5. The van der Waals surface area contributed by atoms with Gasteiger partial charge in [0.25, 0.3) is 0 Å². The van der Waals surface area contributed by atoms with Crippen molar-refractivity contribution in [3.63, 3.8) is 0 Å². The van der Waals surface area contributed by atoms with E-state index >= 15 is 0 Å². The van der Waals surface area contributed by atoms with Crippen LogP contribution in [0.3, 0.4) is 0 Å². The SMILES string of the molecule is CCCCOc1ccc(C2=CCC(CCC3CCC(CCC)CC3)CC2)c(Cl)c1F. The monoisotopic (exact) mass is 434 g/mol. The first kappa shape index (κ1) is 23.6. The second-order valence-electron chi connectivity index (χ2n) is 9.56. The Morgan fingerprint density at radius 2 is 1.63 bits per heavy atom. The standard InChI is InChI=1S/C27H40ClFO/c1-3-5-19-30-25-18-17-24(26(28)27(25)29)23-15-13-22(14-16-23)12-11-21-9-7-20(6-4-2)8-10-21/h15,17-18,20-22H,3-14,16,19H2,1-2H3. The van der Waals surface area contributed by atoms with Gasteiger partial charge in [-0.15, -0.1) is 0 Å². The Morgan fingerprint density at radius 1 is 0.933 bits per heavy atom. The van der Waals surface area contributed by atoms with E-state index in [0.29, 0.717) is 6.61 Å². The van der Waals surface area contributed by atoms with Gasteiger partial charge >= 0.3 is 0 Å². The van der Waals surface area contributed by atoms with Crippen LogP contribution in [0, 0.1) is 23.6 Å². The molecule has 0 amide bonds. The van der Waals surface area contributed by atoms with E-state index in [4.69, 9.17) is 16.3 Å². The van der Waals surface area contributed by atoms with E-state index in [-0.39, 0.29) is 10.8 Å². The van der Waals surface area contributed by atoms with Crippen LogP contribution in [0.25, 0.3) is 5.57 Å². The molecular formula is C27H40ClFO. The molecule has 0 spiro atoms. The number of allylic oxidation sites excluding steroid dienone is 2. The van der Waals surface area contributed by atoms with Gasteiger partial charge in [-0.3, -0.25) is 0 Å². The Labute approximate surface area is 188 Å². The van der Waals surface area contributed by atoms with Gasteiger partial charge in [-0.2, -0.15) is 0 Å². The van der Waals surface area contributed by atoms with E-state index in [1.54, 1.807) is 6.07 Å². The van der Waals surface area contributed by atoms with Crippen LogP contribution >= 0.6 is 11.6 Å². The summed E-state index contributed by atoms with van der Waals surface area (Å²) < 4.78 is 20.2. The molecule has 2 aliphatic carbocycles. The van der Waals surface area contributed by atoms with E-state index in [1.807, 2.05) is 6.07 Å². The van der Waals surface area contributed by atoms with Crippen molar-refractivity contribution in [2.24, 2.45) is 17.8 Å². The molecule has 1 unspecified atom stereocenters. The lowest BCUT2D eigenvalue weighted by atomic mass is 9.76. The molecule has 0 saturated heterocycles. The Hall–Kier alpha value is -1.02. The number of rotatable bonds is 10. The van der Waals surface area contributed by atoms with Crippen LogP contribution in [0.1, 0.15) is 103 Å². The van der Waals surface area contributed by atoms with Crippen LogP contribution in [0.4, 0.5) is 4.39 Å². The topological polar surface area (TPSA) is 9.23 Å². The Morgan fingerprint density at radius 3 is 2.27 bits per heavy atom. The van der Waals surface area contributed by atoms with Crippen molar-refractivity contribution >= 4 is 17.2 Å². The first-order valence-electron chi connectivity index (χ1n) is 12.4. The van der Waals surface area contributed by atoms with E-state index in [2.05, 4.69) is 19.9 Å². The first-order valence-corrected chi connectivity index (χ1v) is 12.8. The quantitative estimate of drug-likeness (QED) is 0.333. The van der Waals surface area contributed by atoms with E-state index < -0.39 is 5.82 Å². The molecule has 1 saturated carbocycles. The fourth-order valence-electron chi connectivity index (χ4n) is 5.30. The number of halogens is 2. The molecule has 3 rings (SSSR count). The lowest BCUT2D eigenvalue weighted by molar-refractivity contribution is 0.237. The van der Waals surface area contributed by atoms with Crippen molar-refractivity contribution < 1.29 is 9.13 Å². The molecule has 1 fully saturated rings. The van der Waals surface area contributed by atoms with Crippen molar-refractivity contribution in [2.45, 2.75) is 97.3 Å². The summed E-state index contributed by atoms with van der Waals surface area (Å²) in [6.07, 6.45) is 18.9. The Kier molecular flexibility index (Phi) is 9.56. The van der Waals surface area contributed by atoms with Crippen LogP contribution in [0.15, 0.2) is 18.2 Å². The van der Waals surface area contributed by atoms with Crippen LogP contribution in [-0.2, 0) is 0 Å². The predicted octanol–water partition coefficient (Wildman–Crippen LogP) is 9.23. The van der Waals surface area contributed by atoms with Gasteiger partial charge in [-0.05, 0) is 73.1 Å². The number of ether oxygens (including phenoxy) is 1. The summed E-state index contributed by atoms with van der Waals surface area (Å²) in [5.41, 5.74) is 2.06. The number of hydrogen-bond acceptors (Lipinski definition) is 1. The van der Waals surface area contributed by atoms with Crippen molar-refractivity contribution in [1.29, 1.82) is 0 Å². The summed E-state index contributed by atoms with van der Waals surface area (Å²) in [6.45, 7) is 4.94. The predicted molar refractivity (Wildman–Crippen MR) is 127 cm³/mol. The molecule has 1 aromatic carbocycles. The molecule has 0 aliphatic heterocycles. The fraction of sp³-hybridized carbons (Fsp3) is 0.704. The number of hydrogen-bond donors (Lipinski definition) is 0. The molecule has 0 aromatic heterocycles. The molecule has 0 heterocycles. The molecule has 0 radical (unpaired) electrons. The highest BCUT2D eigenvalue weighted by molar-refractivity contribution is 6.32. The Bertz CT molecular complexity index is 690. The molecule has 168 valence electrons. The molecule has 0 N–H and O–H groups in total. The van der Waals surface area contributed by atoms with Gasteiger partial charge in [0.15, 0.2) is 11.6 Å². The van der Waals surface area contributed by atoms with E-state index in [1.165, 1.54) is 63.4 Å². The first-order chi connectivity index (χ1) is 14.6. The molecule has 1 nitrogen and oxygen atoms in total. The normalized spacial score (nSPS) is 24.5. The maximum atomic E-state index is 14.6. The summed E-state index contributed by atoms with van der Waals surface area (Å²) in [7, 11) is 0. The average molecular weight is 435 g/mol. The zero-order valence-electron chi connectivity index (χ0n) is 19.0. The maximum absolute atomic E-state index is 14.6. The smallest absolute Gasteiger partial charge is 0.184 e. The van der Waals surface area contributed by atoms with Crippen LogP contribution in [-0.4, -0.2) is 6.61 Å². The van der Waals surface area contributed by atoms with Gasteiger partial charge in [-0.25, -0.2) is 4.39 Å². The van der Waals surface area contributed by atoms with Gasteiger partial charge in [0.2, 0.25) is 0 Å². The van der Waals surface area contributed by atoms with Crippen molar-refractivity contribution in [2.75, 3.05) is 6.61 Å². The zero-order chi connectivity index (χ0) is 21.3. The van der Waals surface area contributed by atoms with Gasteiger partial charge in [0.1, 0.15) is 0 Å². The largest absolute Gasteiger partial charge is 0.490 e. The second kappa shape index (κ2) is 12.1. The van der Waals surface area contributed by atoms with Gasteiger partial charge in [0.05, 0.1) is 11.6 Å². The summed E-state index contributed by atoms with van der Waals surface area (Å²) >= 11 is 6.38. The number of benzene rings is 1. The molecule has 1 atom stereocenters. The lowest BCUT2D eigenvalue weighted by Gasteiger charge is -2.30. The maximum Gasteiger partial charge on any atom is 0.184 e. The molecule has 30 heavy (non-hydrogen) atoms. The van der Waals surface area contributed by atoms with Gasteiger partial charge < -0.3 is 4.74 Å². The third kappa shape index (κ3) is 6.49. The second-order valence-corrected chi connectivity index (χ2v) is 9.94. The summed E-state index contributed by atoms with van der Waals surface area (Å²) in [4.78, 5) is 0. The summed E-state index contributed by atoms with van der Waals surface area (Å²) in [5, 5.41) is 0.220. The van der Waals surface area contributed by atoms with Crippen LogP contribution in [0.2, 0.25) is 5.02 Å². The van der Waals surface area contributed by atoms with Crippen molar-refractivity contribution in [1.82, 2.24) is 0 Å². The minimum atomic E-state index is -0.410. The zero-order valence-corrected chi connectivity index (χ0v) is 19.8. The summed E-state index contributed by atoms with van der Waals surface area (Å²) in [6, 6.07) is 3.68. The molecular weight excluding hydrogens is 395 g/mol. The fourth-order valence-corrected chi connectivity index (χ4v) is 5.58. The summed E-state index contributed by atoms with van der Waals surface area (Å²) in [5.74, 6) is 2.60. The van der Waals surface area contributed by atoms with Gasteiger partial charge in [-0.1, -0.05) is 82.9 Å². The molecule has 0 bridgehead atoms. The highest BCUT2D eigenvalue weighted by Gasteiger charge is 2.23. The Balaban J connectivity index is 1.48. The van der Waals surface area contributed by atoms with Gasteiger partial charge in [0, 0.05) is 0 Å². The van der Waals surface area contributed by atoms with Crippen LogP contribution in [0.5, 0.6) is 5.75 Å². The third-order valence-corrected chi connectivity index (χ3v) is 7.68. The van der Waals surface area contributed by atoms with Crippen LogP contribution < -0.4 is 4.74 Å². The highest BCUT2D eigenvalue weighted by Crippen LogP contribution is 2.40. The minimum Gasteiger partial charge on any atom is -0.490 e. The minimum absolute atomic E-state index is 0.220. The van der Waals surface area contributed by atoms with Crippen molar-refractivity contribution in [3.8, 4) is 5.75 Å². The van der Waals surface area contributed by atoms with E-state index in [0.717, 1.165) is 49.0 Å². The van der Waals surface area contributed by atoms with Crippen molar-refractivity contribution in [3.05, 3.63) is 34.6 Å². The molecule has 1 aromatic rings. The molecule has 2 aliphatic rings. The molecule has 3 heteroatoms. The van der Waals surface area contributed by atoms with E-state index in [9.17, 15) is 4.39 Å². The third-order valence-electron chi connectivity index (χ3n) is 7.31. The average Bonchev–Trinajstić information content (AvgIpc) is 2.77. The number of unbranched alkanes of at least 4 members (excludes halogenated alkanes) is 1. The lowest BCUT2D eigenvalue weighted by Crippen LogP contribution is -2.16.